The molecule has 94 valence electrons. The molecule has 0 fully saturated rings. The van der Waals surface area contributed by atoms with Crippen LogP contribution in [0, 0.1) is 18.8 Å². The SMILES string of the molecule is Cc1cc(NC(=O)C#Cc2ccccc2)cnc1Br. The molecule has 0 bridgehead atoms. The Morgan fingerprint density at radius 1 is 1.32 bits per heavy atom. The standard InChI is InChI=1S/C15H11BrN2O/c1-11-9-13(10-17-15(11)16)18-14(19)8-7-12-5-3-2-4-6-12/h2-6,9-10H,1H3,(H,18,19). The maximum Gasteiger partial charge on any atom is 0.300 e. The number of hydrogen-bond donors (Lipinski definition) is 1. The first-order chi connectivity index (χ1) is 9.15. The van der Waals surface area contributed by atoms with Crippen LogP contribution in [0.25, 0.3) is 0 Å². The molecule has 0 atom stereocenters. The van der Waals surface area contributed by atoms with E-state index in [9.17, 15) is 4.79 Å². The lowest BCUT2D eigenvalue weighted by molar-refractivity contribution is -0.111. The van der Waals surface area contributed by atoms with Crippen LogP contribution in [0.5, 0.6) is 0 Å². The Morgan fingerprint density at radius 2 is 2.05 bits per heavy atom. The number of anilines is 1. The second kappa shape index (κ2) is 6.17. The summed E-state index contributed by atoms with van der Waals surface area (Å²) >= 11 is 3.31. The fourth-order valence-electron chi connectivity index (χ4n) is 1.44. The summed E-state index contributed by atoms with van der Waals surface area (Å²) in [5.74, 6) is 4.99. The number of aromatic nitrogens is 1. The molecule has 1 amide bonds. The highest BCUT2D eigenvalue weighted by Gasteiger charge is 2.01. The first-order valence-electron chi connectivity index (χ1n) is 5.65. The van der Waals surface area contributed by atoms with Crippen LogP contribution in [-0.4, -0.2) is 10.9 Å². The fraction of sp³-hybridized carbons (Fsp3) is 0.0667. The van der Waals surface area contributed by atoms with Gasteiger partial charge in [-0.1, -0.05) is 24.1 Å². The van der Waals surface area contributed by atoms with E-state index in [1.165, 1.54) is 0 Å². The third kappa shape index (κ3) is 3.94. The van der Waals surface area contributed by atoms with Gasteiger partial charge in [-0.05, 0) is 46.6 Å². The number of nitrogens with one attached hydrogen (secondary N) is 1. The maximum atomic E-state index is 11.7. The molecule has 0 aliphatic rings. The van der Waals surface area contributed by atoms with Crippen LogP contribution in [0.15, 0.2) is 47.2 Å². The third-order valence-corrected chi connectivity index (χ3v) is 3.20. The van der Waals surface area contributed by atoms with Gasteiger partial charge < -0.3 is 5.32 Å². The van der Waals surface area contributed by atoms with E-state index < -0.39 is 0 Å². The molecule has 0 radical (unpaired) electrons. The smallest absolute Gasteiger partial charge is 0.300 e. The van der Waals surface area contributed by atoms with E-state index in [0.717, 1.165) is 15.7 Å². The molecule has 1 N–H and O–H groups in total. The van der Waals surface area contributed by atoms with Gasteiger partial charge in [0.25, 0.3) is 0 Å². The first kappa shape index (κ1) is 13.3. The zero-order valence-corrected chi connectivity index (χ0v) is 11.9. The second-order valence-corrected chi connectivity index (χ2v) is 4.65. The Morgan fingerprint density at radius 3 is 2.74 bits per heavy atom. The number of carbonyl (C=O) groups excluding carboxylic acids is 1. The lowest BCUT2D eigenvalue weighted by atomic mass is 10.2. The van der Waals surface area contributed by atoms with Crippen LogP contribution >= 0.6 is 15.9 Å². The number of hydrogen-bond acceptors (Lipinski definition) is 2. The van der Waals surface area contributed by atoms with Gasteiger partial charge >= 0.3 is 5.91 Å². The Kier molecular flexibility index (Phi) is 4.32. The van der Waals surface area contributed by atoms with Crippen LogP contribution in [0.1, 0.15) is 11.1 Å². The summed E-state index contributed by atoms with van der Waals surface area (Å²) < 4.78 is 0.765. The molecule has 0 saturated carbocycles. The first-order valence-corrected chi connectivity index (χ1v) is 6.44. The average molecular weight is 315 g/mol. The lowest BCUT2D eigenvalue weighted by Crippen LogP contribution is -2.09. The highest BCUT2D eigenvalue weighted by atomic mass is 79.9. The molecule has 19 heavy (non-hydrogen) atoms. The van der Waals surface area contributed by atoms with Crippen molar-refractivity contribution in [1.82, 2.24) is 4.98 Å². The van der Waals surface area contributed by atoms with E-state index >= 15 is 0 Å². The van der Waals surface area contributed by atoms with E-state index in [4.69, 9.17) is 0 Å². The van der Waals surface area contributed by atoms with Gasteiger partial charge in [-0.25, -0.2) is 4.98 Å². The Hall–Kier alpha value is -2.12. The number of aryl methyl sites for hydroxylation is 1. The largest absolute Gasteiger partial charge is 0.314 e. The van der Waals surface area contributed by atoms with Gasteiger partial charge in [0.2, 0.25) is 0 Å². The predicted molar refractivity (Wildman–Crippen MR) is 78.6 cm³/mol. The number of rotatable bonds is 1. The third-order valence-electron chi connectivity index (χ3n) is 2.37. The van der Waals surface area contributed by atoms with Crippen molar-refractivity contribution >= 4 is 27.5 Å². The predicted octanol–water partition coefficient (Wildman–Crippen LogP) is 3.14. The number of amides is 1. The van der Waals surface area contributed by atoms with Crippen molar-refractivity contribution in [2.24, 2.45) is 0 Å². The van der Waals surface area contributed by atoms with E-state index in [-0.39, 0.29) is 5.91 Å². The molecule has 0 aliphatic heterocycles. The molecule has 1 aromatic heterocycles. The molecule has 2 aromatic rings. The molecule has 0 spiro atoms. The number of carbonyl (C=O) groups is 1. The van der Waals surface area contributed by atoms with E-state index in [0.29, 0.717) is 5.69 Å². The highest BCUT2D eigenvalue weighted by molar-refractivity contribution is 9.10. The van der Waals surface area contributed by atoms with Gasteiger partial charge in [-0.15, -0.1) is 0 Å². The molecular weight excluding hydrogens is 304 g/mol. The van der Waals surface area contributed by atoms with Crippen molar-refractivity contribution in [3.8, 4) is 11.8 Å². The van der Waals surface area contributed by atoms with Crippen molar-refractivity contribution in [1.29, 1.82) is 0 Å². The summed E-state index contributed by atoms with van der Waals surface area (Å²) in [6.07, 6.45) is 1.58. The molecule has 0 unspecified atom stereocenters. The van der Waals surface area contributed by atoms with Gasteiger partial charge in [-0.3, -0.25) is 4.79 Å². The monoisotopic (exact) mass is 314 g/mol. The number of pyridine rings is 1. The topological polar surface area (TPSA) is 42.0 Å². The van der Waals surface area contributed by atoms with E-state index in [1.54, 1.807) is 6.20 Å². The normalized spacial score (nSPS) is 9.37. The number of nitrogens with zero attached hydrogens (tertiary/aromatic N) is 1. The van der Waals surface area contributed by atoms with Crippen molar-refractivity contribution in [3.05, 3.63) is 58.3 Å². The fourth-order valence-corrected chi connectivity index (χ4v) is 1.66. The van der Waals surface area contributed by atoms with Gasteiger partial charge in [0.1, 0.15) is 4.60 Å². The quantitative estimate of drug-likeness (QED) is 0.649. The molecular formula is C15H11BrN2O. The molecule has 0 saturated heterocycles. The van der Waals surface area contributed by atoms with Crippen molar-refractivity contribution < 1.29 is 4.79 Å². The van der Waals surface area contributed by atoms with Crippen LogP contribution in [0.2, 0.25) is 0 Å². The van der Waals surface area contributed by atoms with Gasteiger partial charge in [-0.2, -0.15) is 0 Å². The summed E-state index contributed by atoms with van der Waals surface area (Å²) in [7, 11) is 0. The zero-order chi connectivity index (χ0) is 13.7. The molecule has 0 aliphatic carbocycles. The lowest BCUT2D eigenvalue weighted by Gasteiger charge is -2.02. The minimum Gasteiger partial charge on any atom is -0.314 e. The van der Waals surface area contributed by atoms with Crippen molar-refractivity contribution in [2.75, 3.05) is 5.32 Å². The van der Waals surface area contributed by atoms with Crippen LogP contribution < -0.4 is 5.32 Å². The Labute approximate surface area is 120 Å². The van der Waals surface area contributed by atoms with Crippen molar-refractivity contribution in [2.45, 2.75) is 6.92 Å². The average Bonchev–Trinajstić information content (AvgIpc) is 2.42. The van der Waals surface area contributed by atoms with Gasteiger partial charge in [0.15, 0.2) is 0 Å². The van der Waals surface area contributed by atoms with Crippen LogP contribution in [-0.2, 0) is 4.79 Å². The molecule has 1 heterocycles. The molecule has 3 nitrogen and oxygen atoms in total. The number of halogens is 1. The Balaban J connectivity index is 2.06. The molecule has 1 aromatic carbocycles. The summed E-state index contributed by atoms with van der Waals surface area (Å²) in [6, 6.07) is 11.2. The summed E-state index contributed by atoms with van der Waals surface area (Å²) in [5, 5.41) is 2.68. The summed E-state index contributed by atoms with van der Waals surface area (Å²) in [4.78, 5) is 15.8. The zero-order valence-electron chi connectivity index (χ0n) is 10.3. The summed E-state index contributed by atoms with van der Waals surface area (Å²) in [5.41, 5.74) is 2.39. The van der Waals surface area contributed by atoms with Gasteiger partial charge in [0.05, 0.1) is 11.9 Å². The summed E-state index contributed by atoms with van der Waals surface area (Å²) in [6.45, 7) is 1.91. The van der Waals surface area contributed by atoms with Crippen molar-refractivity contribution in [3.63, 3.8) is 0 Å². The molecule has 2 rings (SSSR count). The van der Waals surface area contributed by atoms with Gasteiger partial charge in [0, 0.05) is 11.5 Å². The number of benzene rings is 1. The second-order valence-electron chi connectivity index (χ2n) is 3.90. The highest BCUT2D eigenvalue weighted by Crippen LogP contribution is 2.16. The molecule has 4 heteroatoms. The van der Waals surface area contributed by atoms with E-state index in [2.05, 4.69) is 38.1 Å². The minimum atomic E-state index is -0.354. The van der Waals surface area contributed by atoms with Crippen LogP contribution in [0.3, 0.4) is 0 Å². The maximum absolute atomic E-state index is 11.7. The van der Waals surface area contributed by atoms with Crippen LogP contribution in [0.4, 0.5) is 5.69 Å². The van der Waals surface area contributed by atoms with E-state index in [1.807, 2.05) is 43.3 Å². The minimum absolute atomic E-state index is 0.354. The Bertz CT molecular complexity index is 657.